The van der Waals surface area contributed by atoms with Crippen LogP contribution in [0.4, 0.5) is 11.4 Å². The number of azo groups is 1. The van der Waals surface area contributed by atoms with Crippen LogP contribution in [-0.4, -0.2) is 17.3 Å². The number of aromatic hydroxyl groups is 1. The average molecular weight is 286 g/mol. The van der Waals surface area contributed by atoms with E-state index in [4.69, 9.17) is 4.74 Å². The van der Waals surface area contributed by atoms with Crippen molar-refractivity contribution in [3.8, 4) is 11.5 Å². The number of phenols is 1. The van der Waals surface area contributed by atoms with Crippen LogP contribution in [-0.2, 0) is 6.61 Å². The highest BCUT2D eigenvalue weighted by Crippen LogP contribution is 2.35. The first kappa shape index (κ1) is 15.0. The van der Waals surface area contributed by atoms with Gasteiger partial charge in [0.2, 0.25) is 0 Å². The number of aryl methyl sites for hydroxylation is 2. The van der Waals surface area contributed by atoms with Gasteiger partial charge in [-0.15, -0.1) is 0 Å². The second-order valence-electron chi connectivity index (χ2n) is 4.75. The standard InChI is InChI=1S/C16H18N2O3/c1-10-5-4-6-11(2)15(10)18-17-13-7-12(9-19)16(20)14(8-13)21-3/h4-8,19-20H,9H2,1-3H3. The summed E-state index contributed by atoms with van der Waals surface area (Å²) in [5, 5.41) is 27.5. The number of rotatable bonds is 4. The van der Waals surface area contributed by atoms with Crippen LogP contribution in [0.15, 0.2) is 40.6 Å². The van der Waals surface area contributed by atoms with Crippen LogP contribution in [0.5, 0.6) is 11.5 Å². The van der Waals surface area contributed by atoms with Crippen LogP contribution < -0.4 is 4.74 Å². The minimum Gasteiger partial charge on any atom is -0.504 e. The zero-order chi connectivity index (χ0) is 15.4. The molecule has 2 aromatic carbocycles. The van der Waals surface area contributed by atoms with Crippen LogP contribution in [0.3, 0.4) is 0 Å². The maximum Gasteiger partial charge on any atom is 0.163 e. The molecule has 0 fully saturated rings. The van der Waals surface area contributed by atoms with Crippen molar-refractivity contribution in [2.75, 3.05) is 7.11 Å². The van der Waals surface area contributed by atoms with Crippen molar-refractivity contribution in [3.05, 3.63) is 47.0 Å². The van der Waals surface area contributed by atoms with Gasteiger partial charge in [0.1, 0.15) is 0 Å². The largest absolute Gasteiger partial charge is 0.504 e. The number of ether oxygens (including phenoxy) is 1. The number of hydrogen-bond donors (Lipinski definition) is 2. The first-order valence-electron chi connectivity index (χ1n) is 6.55. The van der Waals surface area contributed by atoms with E-state index >= 15 is 0 Å². The van der Waals surface area contributed by atoms with Gasteiger partial charge in [0.05, 0.1) is 25.1 Å². The summed E-state index contributed by atoms with van der Waals surface area (Å²) in [4.78, 5) is 0. The highest BCUT2D eigenvalue weighted by molar-refractivity contribution is 5.57. The zero-order valence-corrected chi connectivity index (χ0v) is 12.3. The normalized spacial score (nSPS) is 11.0. The Labute approximate surface area is 123 Å². The van der Waals surface area contributed by atoms with Crippen LogP contribution in [0, 0.1) is 13.8 Å². The fourth-order valence-electron chi connectivity index (χ4n) is 2.05. The molecule has 0 atom stereocenters. The molecule has 21 heavy (non-hydrogen) atoms. The summed E-state index contributed by atoms with van der Waals surface area (Å²) in [6.45, 7) is 3.64. The molecule has 0 bridgehead atoms. The van der Waals surface area contributed by atoms with Gasteiger partial charge >= 0.3 is 0 Å². The third kappa shape index (κ3) is 3.20. The molecule has 2 N–H and O–H groups in total. The molecule has 0 aliphatic rings. The summed E-state index contributed by atoms with van der Waals surface area (Å²) in [5.74, 6) is 0.183. The molecule has 0 spiro atoms. The Morgan fingerprint density at radius 1 is 1.10 bits per heavy atom. The van der Waals surface area contributed by atoms with Gasteiger partial charge in [-0.1, -0.05) is 18.2 Å². The average Bonchev–Trinajstić information content (AvgIpc) is 2.48. The first-order valence-corrected chi connectivity index (χ1v) is 6.55. The second kappa shape index (κ2) is 6.37. The molecule has 2 aromatic rings. The van der Waals surface area contributed by atoms with Gasteiger partial charge in [0.25, 0.3) is 0 Å². The summed E-state index contributed by atoms with van der Waals surface area (Å²) in [6, 6.07) is 9.06. The van der Waals surface area contributed by atoms with E-state index in [0.29, 0.717) is 11.3 Å². The van der Waals surface area contributed by atoms with Gasteiger partial charge in [0.15, 0.2) is 11.5 Å². The van der Waals surface area contributed by atoms with Crippen molar-refractivity contribution in [1.29, 1.82) is 0 Å². The third-order valence-electron chi connectivity index (χ3n) is 3.23. The predicted molar refractivity (Wildman–Crippen MR) is 80.7 cm³/mol. The molecule has 0 aromatic heterocycles. The van der Waals surface area contributed by atoms with Gasteiger partial charge in [-0.2, -0.15) is 10.2 Å². The van der Waals surface area contributed by atoms with E-state index in [1.165, 1.54) is 7.11 Å². The Balaban J connectivity index is 2.42. The fraction of sp³-hybridized carbons (Fsp3) is 0.250. The van der Waals surface area contributed by atoms with Crippen LogP contribution in [0.25, 0.3) is 0 Å². The summed E-state index contributed by atoms with van der Waals surface area (Å²) < 4.78 is 5.06. The second-order valence-corrected chi connectivity index (χ2v) is 4.75. The van der Waals surface area contributed by atoms with E-state index < -0.39 is 0 Å². The zero-order valence-electron chi connectivity index (χ0n) is 12.3. The summed E-state index contributed by atoms with van der Waals surface area (Å²) in [5.41, 5.74) is 3.75. The number of aliphatic hydroxyl groups is 1. The molecule has 0 heterocycles. The van der Waals surface area contributed by atoms with Crippen molar-refractivity contribution < 1.29 is 14.9 Å². The Morgan fingerprint density at radius 3 is 2.33 bits per heavy atom. The van der Waals surface area contributed by atoms with Gasteiger partial charge in [-0.05, 0) is 31.0 Å². The Bertz CT molecular complexity index is 636. The molecule has 0 aliphatic heterocycles. The van der Waals surface area contributed by atoms with Crippen LogP contribution >= 0.6 is 0 Å². The van der Waals surface area contributed by atoms with Gasteiger partial charge in [0, 0.05) is 11.6 Å². The first-order chi connectivity index (χ1) is 10.1. The molecule has 2 rings (SSSR count). The lowest BCUT2D eigenvalue weighted by Gasteiger charge is -2.08. The molecular formula is C16H18N2O3. The molecule has 0 radical (unpaired) electrons. The Kier molecular flexibility index (Phi) is 4.55. The molecule has 110 valence electrons. The lowest BCUT2D eigenvalue weighted by Crippen LogP contribution is -1.89. The van der Waals surface area contributed by atoms with Crippen molar-refractivity contribution in [1.82, 2.24) is 0 Å². The number of nitrogens with zero attached hydrogens (tertiary/aromatic N) is 2. The minimum absolute atomic E-state index is 0.0778. The summed E-state index contributed by atoms with van der Waals surface area (Å²) in [7, 11) is 1.45. The van der Waals surface area contributed by atoms with E-state index in [-0.39, 0.29) is 18.1 Å². The van der Waals surface area contributed by atoms with Crippen molar-refractivity contribution >= 4 is 11.4 Å². The van der Waals surface area contributed by atoms with Crippen molar-refractivity contribution in [3.63, 3.8) is 0 Å². The van der Waals surface area contributed by atoms with Crippen LogP contribution in [0.2, 0.25) is 0 Å². The van der Waals surface area contributed by atoms with E-state index in [1.807, 2.05) is 32.0 Å². The number of hydrogen-bond acceptors (Lipinski definition) is 5. The van der Waals surface area contributed by atoms with E-state index in [2.05, 4.69) is 10.2 Å². The topological polar surface area (TPSA) is 74.4 Å². The Morgan fingerprint density at radius 2 is 1.76 bits per heavy atom. The Hall–Kier alpha value is -2.40. The number of aliphatic hydroxyl groups excluding tert-OH is 1. The third-order valence-corrected chi connectivity index (χ3v) is 3.23. The monoisotopic (exact) mass is 286 g/mol. The molecule has 0 saturated heterocycles. The lowest BCUT2D eigenvalue weighted by molar-refractivity contribution is 0.272. The highest BCUT2D eigenvalue weighted by atomic mass is 16.5. The molecular weight excluding hydrogens is 268 g/mol. The maximum absolute atomic E-state index is 9.83. The van der Waals surface area contributed by atoms with Crippen molar-refractivity contribution in [2.24, 2.45) is 10.2 Å². The predicted octanol–water partition coefficient (Wildman–Crippen LogP) is 3.93. The molecule has 0 aliphatic carbocycles. The van der Waals surface area contributed by atoms with E-state index in [9.17, 15) is 10.2 Å². The van der Waals surface area contributed by atoms with Gasteiger partial charge in [-0.25, -0.2) is 0 Å². The number of benzene rings is 2. The molecule has 0 amide bonds. The molecule has 5 heteroatoms. The summed E-state index contributed by atoms with van der Waals surface area (Å²) >= 11 is 0. The van der Waals surface area contributed by atoms with E-state index in [1.54, 1.807) is 12.1 Å². The summed E-state index contributed by atoms with van der Waals surface area (Å²) in [6.07, 6.45) is 0. The van der Waals surface area contributed by atoms with Crippen molar-refractivity contribution in [2.45, 2.75) is 20.5 Å². The van der Waals surface area contributed by atoms with Gasteiger partial charge < -0.3 is 14.9 Å². The van der Waals surface area contributed by atoms with Gasteiger partial charge in [-0.3, -0.25) is 0 Å². The maximum atomic E-state index is 9.83. The highest BCUT2D eigenvalue weighted by Gasteiger charge is 2.10. The molecule has 0 unspecified atom stereocenters. The quantitative estimate of drug-likeness (QED) is 0.836. The van der Waals surface area contributed by atoms with Crippen LogP contribution in [0.1, 0.15) is 16.7 Å². The smallest absolute Gasteiger partial charge is 0.163 e. The molecule has 5 nitrogen and oxygen atoms in total. The lowest BCUT2D eigenvalue weighted by atomic mass is 10.1. The molecule has 0 saturated carbocycles. The fourth-order valence-corrected chi connectivity index (χ4v) is 2.05. The number of methoxy groups -OCH3 is 1. The SMILES string of the molecule is COc1cc(N=Nc2c(C)cccc2C)cc(CO)c1O. The minimum atomic E-state index is -0.297. The van der Waals surface area contributed by atoms with E-state index in [0.717, 1.165) is 16.8 Å².